The van der Waals surface area contributed by atoms with Crippen LogP contribution >= 0.6 is 0 Å². The molecule has 0 radical (unpaired) electrons. The second kappa shape index (κ2) is 7.06. The summed E-state index contributed by atoms with van der Waals surface area (Å²) in [6.07, 6.45) is 0. The first-order valence-corrected chi connectivity index (χ1v) is 7.20. The van der Waals surface area contributed by atoms with Gasteiger partial charge < -0.3 is 10.1 Å². The van der Waals surface area contributed by atoms with Gasteiger partial charge in [-0.05, 0) is 29.5 Å². The molecule has 1 aromatic rings. The van der Waals surface area contributed by atoms with Crippen molar-refractivity contribution in [3.63, 3.8) is 0 Å². The molecule has 2 nitrogen and oxygen atoms in total. The van der Waals surface area contributed by atoms with Gasteiger partial charge in [-0.15, -0.1) is 0 Å². The van der Waals surface area contributed by atoms with E-state index in [1.807, 2.05) is 7.05 Å². The first-order chi connectivity index (χ1) is 8.84. The van der Waals surface area contributed by atoms with Crippen LogP contribution in [0.3, 0.4) is 0 Å². The van der Waals surface area contributed by atoms with Gasteiger partial charge in [-0.3, -0.25) is 0 Å². The summed E-state index contributed by atoms with van der Waals surface area (Å²) < 4.78 is 5.74. The Hall–Kier alpha value is -0.860. The third kappa shape index (κ3) is 5.33. The van der Waals surface area contributed by atoms with Crippen LogP contribution in [0.2, 0.25) is 0 Å². The summed E-state index contributed by atoms with van der Waals surface area (Å²) in [6, 6.07) is 9.14. The molecule has 0 amide bonds. The Kier molecular flexibility index (Phi) is 6.02. The van der Waals surface area contributed by atoms with Crippen molar-refractivity contribution in [2.24, 2.45) is 5.92 Å². The van der Waals surface area contributed by atoms with E-state index in [-0.39, 0.29) is 11.5 Å². The summed E-state index contributed by atoms with van der Waals surface area (Å²) >= 11 is 0. The Morgan fingerprint density at radius 3 is 2.05 bits per heavy atom. The van der Waals surface area contributed by atoms with E-state index >= 15 is 0 Å². The van der Waals surface area contributed by atoms with E-state index < -0.39 is 0 Å². The van der Waals surface area contributed by atoms with Gasteiger partial charge >= 0.3 is 0 Å². The van der Waals surface area contributed by atoms with E-state index in [0.29, 0.717) is 5.92 Å². The normalized spacial score (nSPS) is 13.8. The monoisotopic (exact) mass is 263 g/mol. The largest absolute Gasteiger partial charge is 0.379 e. The molecule has 0 spiro atoms. The highest BCUT2D eigenvalue weighted by Gasteiger charge is 2.15. The summed E-state index contributed by atoms with van der Waals surface area (Å²) in [6.45, 7) is 12.6. The number of benzene rings is 1. The van der Waals surface area contributed by atoms with E-state index in [1.54, 1.807) is 0 Å². The highest BCUT2D eigenvalue weighted by molar-refractivity contribution is 5.29. The quantitative estimate of drug-likeness (QED) is 0.840. The Labute approximate surface area is 118 Å². The number of likely N-dealkylation sites (N-methyl/N-ethyl adjacent to an activating group) is 1. The Morgan fingerprint density at radius 2 is 1.63 bits per heavy atom. The van der Waals surface area contributed by atoms with Gasteiger partial charge in [0, 0.05) is 6.61 Å². The van der Waals surface area contributed by atoms with Crippen molar-refractivity contribution < 1.29 is 4.74 Å². The number of rotatable bonds is 6. The topological polar surface area (TPSA) is 21.3 Å². The molecule has 0 aliphatic rings. The van der Waals surface area contributed by atoms with Crippen LogP contribution in [0.1, 0.15) is 51.8 Å². The minimum Gasteiger partial charge on any atom is -0.379 e. The molecule has 1 unspecified atom stereocenters. The van der Waals surface area contributed by atoms with Gasteiger partial charge in [0.25, 0.3) is 0 Å². The third-order valence-electron chi connectivity index (χ3n) is 3.26. The summed E-state index contributed by atoms with van der Waals surface area (Å²) in [5.41, 5.74) is 2.87. The molecule has 1 aromatic carbocycles. The molecule has 0 aliphatic carbocycles. The van der Waals surface area contributed by atoms with Crippen molar-refractivity contribution in [1.82, 2.24) is 5.32 Å². The van der Waals surface area contributed by atoms with E-state index in [9.17, 15) is 0 Å². The zero-order valence-corrected chi connectivity index (χ0v) is 13.3. The lowest BCUT2D eigenvalue weighted by Gasteiger charge is -2.22. The Balaban J connectivity index is 2.66. The average Bonchev–Trinajstić information content (AvgIpc) is 2.33. The van der Waals surface area contributed by atoms with Gasteiger partial charge in [0.15, 0.2) is 0 Å². The highest BCUT2D eigenvalue weighted by Crippen LogP contribution is 2.24. The zero-order valence-electron chi connectivity index (χ0n) is 13.3. The number of hydrogen-bond donors (Lipinski definition) is 1. The lowest BCUT2D eigenvalue weighted by molar-refractivity contribution is 0.0919. The maximum atomic E-state index is 5.74. The summed E-state index contributed by atoms with van der Waals surface area (Å²) in [5.74, 6) is 0.584. The molecular weight excluding hydrogens is 234 g/mol. The summed E-state index contributed by atoms with van der Waals surface area (Å²) in [4.78, 5) is 0. The smallest absolute Gasteiger partial charge is 0.0661 e. The maximum Gasteiger partial charge on any atom is 0.0661 e. The lowest BCUT2D eigenvalue weighted by Crippen LogP contribution is -2.23. The van der Waals surface area contributed by atoms with Crippen LogP contribution in [-0.4, -0.2) is 20.3 Å². The molecule has 0 fully saturated rings. The molecule has 0 bridgehead atoms. The predicted molar refractivity (Wildman–Crippen MR) is 82.6 cm³/mol. The molecule has 1 N–H and O–H groups in total. The van der Waals surface area contributed by atoms with Gasteiger partial charge in [0.1, 0.15) is 0 Å². The van der Waals surface area contributed by atoms with Gasteiger partial charge in [-0.1, -0.05) is 58.9 Å². The van der Waals surface area contributed by atoms with Crippen molar-refractivity contribution in [3.8, 4) is 0 Å². The molecule has 0 saturated heterocycles. The standard InChI is InChI=1S/C17H29NO/c1-13(2)11-19-12-16(18-6)14-7-9-15(10-8-14)17(3,4)5/h7-10,13,16,18H,11-12H2,1-6H3. The van der Waals surface area contributed by atoms with Gasteiger partial charge in [-0.2, -0.15) is 0 Å². The summed E-state index contributed by atoms with van der Waals surface area (Å²) in [5, 5.41) is 3.33. The second-order valence-corrected chi connectivity index (χ2v) is 6.64. The molecule has 0 heterocycles. The van der Waals surface area contributed by atoms with Crippen LogP contribution in [0.15, 0.2) is 24.3 Å². The van der Waals surface area contributed by atoms with Crippen molar-refractivity contribution in [1.29, 1.82) is 0 Å². The van der Waals surface area contributed by atoms with Gasteiger partial charge in [0.05, 0.1) is 12.6 Å². The predicted octanol–water partition coefficient (Wildman–Crippen LogP) is 3.92. The van der Waals surface area contributed by atoms with E-state index in [1.165, 1.54) is 11.1 Å². The van der Waals surface area contributed by atoms with Crippen molar-refractivity contribution >= 4 is 0 Å². The van der Waals surface area contributed by atoms with E-state index in [2.05, 4.69) is 64.2 Å². The number of ether oxygens (including phenoxy) is 1. The molecule has 19 heavy (non-hydrogen) atoms. The van der Waals surface area contributed by atoms with Crippen LogP contribution in [0, 0.1) is 5.92 Å². The maximum absolute atomic E-state index is 5.74. The molecule has 0 aromatic heterocycles. The molecule has 2 heteroatoms. The third-order valence-corrected chi connectivity index (χ3v) is 3.26. The van der Waals surface area contributed by atoms with E-state index in [4.69, 9.17) is 4.74 Å². The average molecular weight is 263 g/mol. The first kappa shape index (κ1) is 16.2. The Morgan fingerprint density at radius 1 is 1.05 bits per heavy atom. The molecule has 0 saturated carbocycles. The van der Waals surface area contributed by atoms with Crippen LogP contribution in [-0.2, 0) is 10.2 Å². The lowest BCUT2D eigenvalue weighted by atomic mass is 9.86. The second-order valence-electron chi connectivity index (χ2n) is 6.64. The highest BCUT2D eigenvalue weighted by atomic mass is 16.5. The minimum atomic E-state index is 0.210. The fourth-order valence-electron chi connectivity index (χ4n) is 1.98. The van der Waals surface area contributed by atoms with Crippen molar-refractivity contribution in [2.45, 2.75) is 46.1 Å². The van der Waals surface area contributed by atoms with Crippen LogP contribution in [0.5, 0.6) is 0 Å². The van der Waals surface area contributed by atoms with Crippen LogP contribution in [0.4, 0.5) is 0 Å². The molecule has 1 atom stereocenters. The SMILES string of the molecule is CNC(COCC(C)C)c1ccc(C(C)(C)C)cc1. The van der Waals surface area contributed by atoms with Crippen LogP contribution < -0.4 is 5.32 Å². The fourth-order valence-corrected chi connectivity index (χ4v) is 1.98. The molecule has 0 aliphatic heterocycles. The first-order valence-electron chi connectivity index (χ1n) is 7.20. The van der Waals surface area contributed by atoms with Gasteiger partial charge in [-0.25, -0.2) is 0 Å². The number of hydrogen-bond acceptors (Lipinski definition) is 2. The zero-order chi connectivity index (χ0) is 14.5. The van der Waals surface area contributed by atoms with Crippen LogP contribution in [0.25, 0.3) is 0 Å². The van der Waals surface area contributed by atoms with Crippen molar-refractivity contribution in [3.05, 3.63) is 35.4 Å². The van der Waals surface area contributed by atoms with Gasteiger partial charge in [0.2, 0.25) is 0 Å². The Bertz CT molecular complexity index is 362. The molecule has 108 valence electrons. The molecule has 1 rings (SSSR count). The van der Waals surface area contributed by atoms with Crippen molar-refractivity contribution in [2.75, 3.05) is 20.3 Å². The van der Waals surface area contributed by atoms with E-state index in [0.717, 1.165) is 13.2 Å². The summed E-state index contributed by atoms with van der Waals surface area (Å²) in [7, 11) is 1.99. The fraction of sp³-hybridized carbons (Fsp3) is 0.647. The minimum absolute atomic E-state index is 0.210. The molecular formula is C17H29NO. The number of nitrogens with one attached hydrogen (secondary N) is 1.